The number of nitrogen functional groups attached to an aromatic ring is 1. The van der Waals surface area contributed by atoms with Crippen molar-refractivity contribution in [2.45, 2.75) is 0 Å². The molecule has 18 heavy (non-hydrogen) atoms. The van der Waals surface area contributed by atoms with Gasteiger partial charge < -0.3 is 5.73 Å². The first-order valence-electron chi connectivity index (χ1n) is 5.63. The molecule has 0 amide bonds. The predicted molar refractivity (Wildman–Crippen MR) is 76.1 cm³/mol. The number of carbonyl (C=O) groups excluding carboxylic acids is 1. The van der Waals surface area contributed by atoms with Gasteiger partial charge in [-0.05, 0) is 35.0 Å². The van der Waals surface area contributed by atoms with Crippen molar-refractivity contribution < 1.29 is 4.79 Å². The van der Waals surface area contributed by atoms with Crippen molar-refractivity contribution in [3.05, 3.63) is 65.0 Å². The number of hydrogen-bond acceptors (Lipinski definition) is 3. The maximum atomic E-state index is 12.5. The van der Waals surface area contributed by atoms with E-state index in [-0.39, 0.29) is 5.78 Å². The van der Waals surface area contributed by atoms with E-state index in [2.05, 4.69) is 0 Å². The number of carbonyl (C=O) groups is 1. The minimum absolute atomic E-state index is 0.0128. The molecule has 0 fully saturated rings. The van der Waals surface area contributed by atoms with Gasteiger partial charge >= 0.3 is 0 Å². The smallest absolute Gasteiger partial charge is 0.196 e. The molecule has 3 aromatic rings. The van der Waals surface area contributed by atoms with E-state index < -0.39 is 0 Å². The van der Waals surface area contributed by atoms with Gasteiger partial charge in [0.15, 0.2) is 5.78 Å². The highest BCUT2D eigenvalue weighted by atomic mass is 32.1. The van der Waals surface area contributed by atoms with Crippen LogP contribution in [0.25, 0.3) is 10.1 Å². The van der Waals surface area contributed by atoms with E-state index >= 15 is 0 Å². The third-order valence-electron chi connectivity index (χ3n) is 2.93. The molecule has 2 aromatic carbocycles. The minimum Gasteiger partial charge on any atom is -0.398 e. The number of fused-ring (bicyclic) bond motifs is 1. The lowest BCUT2D eigenvalue weighted by Crippen LogP contribution is -2.05. The van der Waals surface area contributed by atoms with Gasteiger partial charge in [-0.3, -0.25) is 4.79 Å². The normalized spacial score (nSPS) is 10.7. The van der Waals surface area contributed by atoms with Crippen molar-refractivity contribution in [3.8, 4) is 0 Å². The van der Waals surface area contributed by atoms with Crippen LogP contribution < -0.4 is 5.73 Å². The van der Waals surface area contributed by atoms with Crippen LogP contribution >= 0.6 is 11.3 Å². The molecule has 2 nitrogen and oxygen atoms in total. The lowest BCUT2D eigenvalue weighted by Gasteiger charge is -2.05. The monoisotopic (exact) mass is 253 g/mol. The fourth-order valence-electron chi connectivity index (χ4n) is 2.02. The molecule has 0 aliphatic rings. The Hall–Kier alpha value is -2.13. The highest BCUT2D eigenvalue weighted by Gasteiger charge is 2.14. The second kappa shape index (κ2) is 4.27. The third-order valence-corrected chi connectivity index (χ3v) is 3.89. The van der Waals surface area contributed by atoms with Crippen LogP contribution in [0.3, 0.4) is 0 Å². The van der Waals surface area contributed by atoms with E-state index in [4.69, 9.17) is 5.73 Å². The van der Waals surface area contributed by atoms with E-state index in [1.54, 1.807) is 23.5 Å². The van der Waals surface area contributed by atoms with Crippen LogP contribution in [0.5, 0.6) is 0 Å². The summed E-state index contributed by atoms with van der Waals surface area (Å²) in [4.78, 5) is 12.5. The number of thiophene rings is 1. The average molecular weight is 253 g/mol. The Labute approximate surface area is 109 Å². The van der Waals surface area contributed by atoms with Crippen molar-refractivity contribution in [3.63, 3.8) is 0 Å². The Kier molecular flexibility index (Phi) is 2.61. The first-order chi connectivity index (χ1) is 8.77. The Bertz CT molecular complexity index is 730. The van der Waals surface area contributed by atoms with E-state index in [9.17, 15) is 4.79 Å². The molecule has 0 spiro atoms. The number of hydrogen-bond donors (Lipinski definition) is 1. The predicted octanol–water partition coefficient (Wildman–Crippen LogP) is 3.71. The van der Waals surface area contributed by atoms with E-state index in [0.29, 0.717) is 11.3 Å². The average Bonchev–Trinajstić information content (AvgIpc) is 2.86. The Morgan fingerprint density at radius 3 is 2.56 bits per heavy atom. The maximum Gasteiger partial charge on any atom is 0.196 e. The second-order valence-electron chi connectivity index (χ2n) is 4.06. The molecule has 0 saturated carbocycles. The van der Waals surface area contributed by atoms with Gasteiger partial charge in [-0.2, -0.15) is 0 Å². The summed E-state index contributed by atoms with van der Waals surface area (Å²) in [7, 11) is 0. The number of rotatable bonds is 2. The molecule has 0 radical (unpaired) electrons. The summed E-state index contributed by atoms with van der Waals surface area (Å²) in [5, 5.41) is 3.09. The molecule has 1 aromatic heterocycles. The van der Waals surface area contributed by atoms with Crippen LogP contribution in [0.1, 0.15) is 15.9 Å². The second-order valence-corrected chi connectivity index (χ2v) is 4.98. The van der Waals surface area contributed by atoms with Crippen LogP contribution in [0, 0.1) is 0 Å². The van der Waals surface area contributed by atoms with E-state index in [1.807, 2.05) is 41.8 Å². The highest BCUT2D eigenvalue weighted by molar-refractivity contribution is 7.17. The summed E-state index contributed by atoms with van der Waals surface area (Å²) in [6.07, 6.45) is 0. The summed E-state index contributed by atoms with van der Waals surface area (Å²) >= 11 is 1.58. The van der Waals surface area contributed by atoms with Gasteiger partial charge in [0.05, 0.1) is 0 Å². The summed E-state index contributed by atoms with van der Waals surface area (Å²) in [5.41, 5.74) is 7.68. The number of nitrogens with two attached hydrogens (primary N) is 1. The molecule has 0 aliphatic carbocycles. The minimum atomic E-state index is -0.0128. The first kappa shape index (κ1) is 11.0. The largest absolute Gasteiger partial charge is 0.398 e. The molecule has 3 heteroatoms. The summed E-state index contributed by atoms with van der Waals surface area (Å²) in [6.45, 7) is 0. The zero-order chi connectivity index (χ0) is 12.5. The third kappa shape index (κ3) is 1.69. The van der Waals surface area contributed by atoms with Crippen molar-refractivity contribution >= 4 is 32.9 Å². The quantitative estimate of drug-likeness (QED) is 0.559. The molecule has 0 bridgehead atoms. The topological polar surface area (TPSA) is 43.1 Å². The van der Waals surface area contributed by atoms with E-state index in [0.717, 1.165) is 15.6 Å². The van der Waals surface area contributed by atoms with Gasteiger partial charge in [0, 0.05) is 21.5 Å². The van der Waals surface area contributed by atoms with Crippen LogP contribution in [-0.4, -0.2) is 5.78 Å². The molecule has 3 rings (SSSR count). The van der Waals surface area contributed by atoms with Crippen molar-refractivity contribution in [2.24, 2.45) is 0 Å². The Morgan fingerprint density at radius 2 is 1.72 bits per heavy atom. The molecule has 0 aliphatic heterocycles. The highest BCUT2D eigenvalue weighted by Crippen LogP contribution is 2.27. The molecule has 2 N–H and O–H groups in total. The zero-order valence-corrected chi connectivity index (χ0v) is 10.4. The Morgan fingerprint density at radius 1 is 0.944 bits per heavy atom. The molecule has 88 valence electrons. The van der Waals surface area contributed by atoms with Crippen LogP contribution in [0.2, 0.25) is 0 Å². The van der Waals surface area contributed by atoms with Gasteiger partial charge in [0.1, 0.15) is 0 Å². The maximum absolute atomic E-state index is 12.5. The van der Waals surface area contributed by atoms with Gasteiger partial charge in [-0.15, -0.1) is 11.3 Å². The Balaban J connectivity index is 2.18. The van der Waals surface area contributed by atoms with Crippen molar-refractivity contribution in [2.75, 3.05) is 5.73 Å². The summed E-state index contributed by atoms with van der Waals surface area (Å²) in [6, 6.07) is 15.0. The summed E-state index contributed by atoms with van der Waals surface area (Å²) in [5.74, 6) is -0.0128. The van der Waals surface area contributed by atoms with Crippen molar-refractivity contribution in [1.82, 2.24) is 0 Å². The summed E-state index contributed by atoms with van der Waals surface area (Å²) < 4.78 is 1.02. The fourth-order valence-corrected chi connectivity index (χ4v) is 2.93. The van der Waals surface area contributed by atoms with Gasteiger partial charge in [-0.1, -0.05) is 24.3 Å². The first-order valence-corrected chi connectivity index (χ1v) is 6.51. The zero-order valence-electron chi connectivity index (χ0n) is 9.59. The molecule has 0 saturated heterocycles. The molecular formula is C15H11NOS. The molecule has 0 atom stereocenters. The molecule has 0 unspecified atom stereocenters. The van der Waals surface area contributed by atoms with Gasteiger partial charge in [0.25, 0.3) is 0 Å². The fraction of sp³-hybridized carbons (Fsp3) is 0. The molecule has 1 heterocycles. The number of anilines is 1. The lowest BCUT2D eigenvalue weighted by atomic mass is 10.0. The van der Waals surface area contributed by atoms with Gasteiger partial charge in [0.2, 0.25) is 0 Å². The number of ketones is 1. The van der Waals surface area contributed by atoms with Crippen LogP contribution in [0.15, 0.2) is 53.9 Å². The van der Waals surface area contributed by atoms with Crippen LogP contribution in [-0.2, 0) is 0 Å². The number of benzene rings is 2. The van der Waals surface area contributed by atoms with Crippen molar-refractivity contribution in [1.29, 1.82) is 0 Å². The number of para-hydroxylation sites is 1. The standard InChI is InChI=1S/C15H11NOS/c16-13-7-2-1-5-11(13)14(17)12-6-3-4-10-8-9-18-15(10)12/h1-9H,16H2. The lowest BCUT2D eigenvalue weighted by molar-refractivity contribution is 0.104. The van der Waals surface area contributed by atoms with Crippen LogP contribution in [0.4, 0.5) is 5.69 Å². The SMILES string of the molecule is Nc1ccccc1C(=O)c1cccc2ccsc12. The van der Waals surface area contributed by atoms with E-state index in [1.165, 1.54) is 0 Å². The van der Waals surface area contributed by atoms with Gasteiger partial charge in [-0.25, -0.2) is 0 Å². The molecular weight excluding hydrogens is 242 g/mol.